The fourth-order valence-corrected chi connectivity index (χ4v) is 3.53. The zero-order valence-electron chi connectivity index (χ0n) is 13.8. The minimum atomic E-state index is -3.38. The van der Waals surface area contributed by atoms with Gasteiger partial charge in [0.25, 0.3) is 0 Å². The van der Waals surface area contributed by atoms with E-state index in [9.17, 15) is 8.42 Å². The van der Waals surface area contributed by atoms with E-state index in [-0.39, 0.29) is 6.04 Å². The van der Waals surface area contributed by atoms with E-state index < -0.39 is 10.0 Å². The third-order valence-electron chi connectivity index (χ3n) is 3.41. The first kappa shape index (κ1) is 18.1. The van der Waals surface area contributed by atoms with E-state index in [1.165, 1.54) is 4.31 Å². The van der Waals surface area contributed by atoms with Crippen LogP contribution in [0.15, 0.2) is 29.2 Å². The maximum absolute atomic E-state index is 12.4. The molecule has 1 aromatic carbocycles. The lowest BCUT2D eigenvalue weighted by Crippen LogP contribution is -2.30. The molecule has 0 aliphatic heterocycles. The van der Waals surface area contributed by atoms with E-state index >= 15 is 0 Å². The van der Waals surface area contributed by atoms with Gasteiger partial charge >= 0.3 is 0 Å². The number of hydrogen-bond acceptors (Lipinski definition) is 3. The quantitative estimate of drug-likeness (QED) is 0.803. The molecule has 0 saturated heterocycles. The minimum Gasteiger partial charge on any atom is -0.310 e. The molecule has 0 fully saturated rings. The molecule has 5 heteroatoms. The Hall–Kier alpha value is -0.910. The van der Waals surface area contributed by atoms with Gasteiger partial charge in [0.1, 0.15) is 0 Å². The highest BCUT2D eigenvalue weighted by Crippen LogP contribution is 2.19. The normalized spacial score (nSPS) is 13.9. The lowest BCUT2D eigenvalue weighted by molar-refractivity contribution is 0.417. The van der Waals surface area contributed by atoms with Crippen molar-refractivity contribution in [2.24, 2.45) is 5.92 Å². The Kier molecular flexibility index (Phi) is 6.84. The molecule has 0 aliphatic carbocycles. The molecule has 0 amide bonds. The number of nitrogens with one attached hydrogen (secondary N) is 1. The largest absolute Gasteiger partial charge is 0.310 e. The highest BCUT2D eigenvalue weighted by atomic mass is 32.2. The molecule has 0 aromatic heterocycles. The van der Waals surface area contributed by atoms with Gasteiger partial charge in [-0.3, -0.25) is 0 Å². The predicted octanol–water partition coefficient (Wildman–Crippen LogP) is 3.02. The van der Waals surface area contributed by atoms with Crippen molar-refractivity contribution >= 4 is 10.0 Å². The number of sulfonamides is 1. The standard InChI is InChI=1S/C16H28N2O2S/c1-6-11-17-14(4)15-7-9-16(10-8-15)21(19,20)18(5)12-13(2)3/h7-10,13-14,17H,6,11-12H2,1-5H3. The molecule has 0 heterocycles. The van der Waals surface area contributed by atoms with Gasteiger partial charge in [0.2, 0.25) is 10.0 Å². The van der Waals surface area contributed by atoms with Crippen molar-refractivity contribution in [1.29, 1.82) is 0 Å². The first-order valence-electron chi connectivity index (χ1n) is 7.58. The van der Waals surface area contributed by atoms with Crippen LogP contribution in [-0.4, -0.2) is 32.9 Å². The lowest BCUT2D eigenvalue weighted by atomic mass is 10.1. The number of nitrogens with zero attached hydrogens (tertiary/aromatic N) is 1. The van der Waals surface area contributed by atoms with Gasteiger partial charge in [-0.2, -0.15) is 0 Å². The molecular formula is C16H28N2O2S. The lowest BCUT2D eigenvalue weighted by Gasteiger charge is -2.20. The van der Waals surface area contributed by atoms with Crippen molar-refractivity contribution in [3.8, 4) is 0 Å². The molecule has 120 valence electrons. The molecule has 0 spiro atoms. The van der Waals surface area contributed by atoms with Gasteiger partial charge in [-0.1, -0.05) is 32.9 Å². The minimum absolute atomic E-state index is 0.232. The van der Waals surface area contributed by atoms with Crippen LogP contribution in [-0.2, 0) is 10.0 Å². The van der Waals surface area contributed by atoms with Crippen molar-refractivity contribution in [2.75, 3.05) is 20.1 Å². The molecule has 0 radical (unpaired) electrons. The van der Waals surface area contributed by atoms with Crippen LogP contribution in [0.5, 0.6) is 0 Å². The van der Waals surface area contributed by atoms with Gasteiger partial charge in [-0.05, 0) is 43.5 Å². The van der Waals surface area contributed by atoms with Crippen LogP contribution in [0.4, 0.5) is 0 Å². The van der Waals surface area contributed by atoms with E-state index in [1.54, 1.807) is 19.2 Å². The molecule has 0 saturated carbocycles. The smallest absolute Gasteiger partial charge is 0.242 e. The van der Waals surface area contributed by atoms with E-state index in [0.717, 1.165) is 18.5 Å². The van der Waals surface area contributed by atoms with Gasteiger partial charge < -0.3 is 5.32 Å². The van der Waals surface area contributed by atoms with Crippen molar-refractivity contribution in [1.82, 2.24) is 9.62 Å². The molecule has 1 N–H and O–H groups in total. The highest BCUT2D eigenvalue weighted by Gasteiger charge is 2.21. The van der Waals surface area contributed by atoms with Crippen LogP contribution in [0.2, 0.25) is 0 Å². The second kappa shape index (κ2) is 7.92. The molecule has 1 rings (SSSR count). The fraction of sp³-hybridized carbons (Fsp3) is 0.625. The first-order valence-corrected chi connectivity index (χ1v) is 9.02. The summed E-state index contributed by atoms with van der Waals surface area (Å²) in [5.74, 6) is 0.308. The average Bonchev–Trinajstić information content (AvgIpc) is 2.44. The molecule has 0 bridgehead atoms. The summed E-state index contributed by atoms with van der Waals surface area (Å²) in [7, 11) is -1.75. The Labute approximate surface area is 129 Å². The number of hydrogen-bond donors (Lipinski definition) is 1. The molecule has 4 nitrogen and oxygen atoms in total. The summed E-state index contributed by atoms with van der Waals surface area (Å²) in [5, 5.41) is 3.40. The van der Waals surface area contributed by atoms with Crippen molar-refractivity contribution in [3.63, 3.8) is 0 Å². The Balaban J connectivity index is 2.86. The summed E-state index contributed by atoms with van der Waals surface area (Å²) in [5.41, 5.74) is 1.11. The summed E-state index contributed by atoms with van der Waals surface area (Å²) in [6, 6.07) is 7.42. The summed E-state index contributed by atoms with van der Waals surface area (Å²) in [6.07, 6.45) is 1.08. The third-order valence-corrected chi connectivity index (χ3v) is 5.25. The van der Waals surface area contributed by atoms with Gasteiger partial charge in [-0.25, -0.2) is 12.7 Å². The summed E-state index contributed by atoms with van der Waals surface area (Å²) in [4.78, 5) is 0.358. The number of rotatable bonds is 8. The van der Waals surface area contributed by atoms with E-state index in [0.29, 0.717) is 17.4 Å². The maximum Gasteiger partial charge on any atom is 0.242 e. The van der Waals surface area contributed by atoms with Crippen LogP contribution >= 0.6 is 0 Å². The van der Waals surface area contributed by atoms with Gasteiger partial charge in [0.05, 0.1) is 4.90 Å². The van der Waals surface area contributed by atoms with Crippen molar-refractivity contribution < 1.29 is 8.42 Å². The van der Waals surface area contributed by atoms with E-state index in [4.69, 9.17) is 0 Å². The van der Waals surface area contributed by atoms with Crippen molar-refractivity contribution in [2.45, 2.75) is 45.1 Å². The Morgan fingerprint density at radius 3 is 2.19 bits per heavy atom. The van der Waals surface area contributed by atoms with Gasteiger partial charge in [0, 0.05) is 19.6 Å². The molecule has 1 aromatic rings. The van der Waals surface area contributed by atoms with E-state index in [1.807, 2.05) is 26.0 Å². The Bertz CT molecular complexity index is 524. The summed E-state index contributed by atoms with van der Waals surface area (Å²) in [6.45, 7) is 9.72. The number of benzene rings is 1. The van der Waals surface area contributed by atoms with Crippen LogP contribution < -0.4 is 5.32 Å². The van der Waals surface area contributed by atoms with Gasteiger partial charge in [-0.15, -0.1) is 0 Å². The maximum atomic E-state index is 12.4. The molecule has 1 atom stereocenters. The second-order valence-corrected chi connectivity index (χ2v) is 7.97. The fourth-order valence-electron chi connectivity index (χ4n) is 2.20. The molecule has 0 aliphatic rings. The molecule has 1 unspecified atom stereocenters. The topological polar surface area (TPSA) is 49.4 Å². The van der Waals surface area contributed by atoms with Crippen LogP contribution in [0, 0.1) is 5.92 Å². The van der Waals surface area contributed by atoms with Crippen molar-refractivity contribution in [3.05, 3.63) is 29.8 Å². The van der Waals surface area contributed by atoms with E-state index in [2.05, 4.69) is 19.2 Å². The van der Waals surface area contributed by atoms with Crippen LogP contribution in [0.1, 0.15) is 45.7 Å². The second-order valence-electron chi connectivity index (χ2n) is 5.92. The predicted molar refractivity (Wildman–Crippen MR) is 87.8 cm³/mol. The highest BCUT2D eigenvalue weighted by molar-refractivity contribution is 7.89. The summed E-state index contributed by atoms with van der Waals surface area (Å²) >= 11 is 0. The average molecular weight is 312 g/mol. The Morgan fingerprint density at radius 2 is 1.71 bits per heavy atom. The summed E-state index contributed by atoms with van der Waals surface area (Å²) < 4.78 is 26.3. The molecular weight excluding hydrogens is 284 g/mol. The van der Waals surface area contributed by atoms with Gasteiger partial charge in [0.15, 0.2) is 0 Å². The monoisotopic (exact) mass is 312 g/mol. The van der Waals surface area contributed by atoms with Crippen LogP contribution in [0.3, 0.4) is 0 Å². The Morgan fingerprint density at radius 1 is 1.14 bits per heavy atom. The first-order chi connectivity index (χ1) is 9.78. The SMILES string of the molecule is CCCNC(C)c1ccc(S(=O)(=O)N(C)CC(C)C)cc1. The zero-order chi connectivity index (χ0) is 16.0. The third kappa shape index (κ3) is 5.09. The van der Waals surface area contributed by atoms with Crippen LogP contribution in [0.25, 0.3) is 0 Å². The molecule has 21 heavy (non-hydrogen) atoms. The zero-order valence-corrected chi connectivity index (χ0v) is 14.6.